The van der Waals surface area contributed by atoms with E-state index in [1.165, 1.54) is 0 Å². The van der Waals surface area contributed by atoms with Gasteiger partial charge < -0.3 is 10.0 Å². The zero-order valence-electron chi connectivity index (χ0n) is 14.8. The third-order valence-corrected chi connectivity index (χ3v) is 4.82. The molecular formula is C20H25N3O2. The van der Waals surface area contributed by atoms with E-state index in [4.69, 9.17) is 0 Å². The number of nitrogens with zero attached hydrogens (tertiary/aromatic N) is 3. The topological polar surface area (TPSA) is 56.7 Å². The van der Waals surface area contributed by atoms with E-state index in [0.717, 1.165) is 24.2 Å². The highest BCUT2D eigenvalue weighted by Gasteiger charge is 2.37. The van der Waals surface area contributed by atoms with Crippen LogP contribution in [0.2, 0.25) is 0 Å². The molecule has 2 aromatic rings. The highest BCUT2D eigenvalue weighted by Crippen LogP contribution is 2.21. The molecule has 1 aromatic heterocycles. The van der Waals surface area contributed by atoms with Crippen molar-refractivity contribution in [3.63, 3.8) is 0 Å². The summed E-state index contributed by atoms with van der Waals surface area (Å²) < 4.78 is 0. The number of β-amino-alcohol motifs (C(OH)–C–C–N with tert-alkyl or cyclic N) is 1. The molecule has 1 aliphatic heterocycles. The van der Waals surface area contributed by atoms with Crippen LogP contribution >= 0.6 is 0 Å². The van der Waals surface area contributed by atoms with Gasteiger partial charge in [-0.15, -0.1) is 0 Å². The Morgan fingerprint density at radius 3 is 2.72 bits per heavy atom. The fourth-order valence-corrected chi connectivity index (χ4v) is 3.44. The molecule has 25 heavy (non-hydrogen) atoms. The number of amides is 1. The fourth-order valence-electron chi connectivity index (χ4n) is 3.44. The van der Waals surface area contributed by atoms with Crippen LogP contribution in [0.5, 0.6) is 0 Å². The number of rotatable bonds is 5. The van der Waals surface area contributed by atoms with E-state index in [2.05, 4.69) is 16.8 Å². The predicted molar refractivity (Wildman–Crippen MR) is 97.2 cm³/mol. The number of benzene rings is 1. The number of hydrogen-bond donors (Lipinski definition) is 1. The van der Waals surface area contributed by atoms with Gasteiger partial charge in [-0.05, 0) is 43.3 Å². The van der Waals surface area contributed by atoms with Crippen molar-refractivity contribution in [2.75, 3.05) is 19.6 Å². The van der Waals surface area contributed by atoms with Crippen LogP contribution in [0.3, 0.4) is 0 Å². The van der Waals surface area contributed by atoms with Crippen LogP contribution in [0, 0.1) is 6.92 Å². The number of likely N-dealkylation sites (N-methyl/N-ethyl adjacent to an activating group) is 1. The van der Waals surface area contributed by atoms with Gasteiger partial charge in [0.25, 0.3) is 5.91 Å². The average molecular weight is 339 g/mol. The first-order chi connectivity index (χ1) is 12.1. The quantitative estimate of drug-likeness (QED) is 0.906. The smallest absolute Gasteiger partial charge is 0.254 e. The van der Waals surface area contributed by atoms with Crippen molar-refractivity contribution in [2.45, 2.75) is 32.5 Å². The normalized spacial score (nSPS) is 20.2. The lowest BCUT2D eigenvalue weighted by Gasteiger charge is -2.29. The third-order valence-electron chi connectivity index (χ3n) is 4.82. The molecule has 2 atom stereocenters. The molecule has 1 fully saturated rings. The molecule has 0 aliphatic carbocycles. The van der Waals surface area contributed by atoms with E-state index in [1.54, 1.807) is 17.3 Å². The second-order valence-electron chi connectivity index (χ2n) is 6.63. The highest BCUT2D eigenvalue weighted by atomic mass is 16.3. The number of carbonyl (C=O) groups is 1. The summed E-state index contributed by atoms with van der Waals surface area (Å²) in [5.74, 6) is -0.00906. The van der Waals surface area contributed by atoms with Crippen LogP contribution in [0.4, 0.5) is 0 Å². The molecular weight excluding hydrogens is 314 g/mol. The van der Waals surface area contributed by atoms with Gasteiger partial charge >= 0.3 is 0 Å². The van der Waals surface area contributed by atoms with Crippen LogP contribution in [-0.4, -0.2) is 57.6 Å². The molecule has 0 bridgehead atoms. The van der Waals surface area contributed by atoms with Crippen molar-refractivity contribution < 1.29 is 9.90 Å². The first kappa shape index (κ1) is 17.6. The molecule has 0 unspecified atom stereocenters. The first-order valence-corrected chi connectivity index (χ1v) is 8.75. The van der Waals surface area contributed by atoms with Crippen molar-refractivity contribution in [1.82, 2.24) is 14.8 Å². The number of aliphatic hydroxyl groups is 1. The van der Waals surface area contributed by atoms with Crippen LogP contribution in [0.1, 0.15) is 28.4 Å². The third kappa shape index (κ3) is 4.06. The zero-order chi connectivity index (χ0) is 17.8. The van der Waals surface area contributed by atoms with Gasteiger partial charge in [-0.1, -0.05) is 24.6 Å². The van der Waals surface area contributed by atoms with E-state index >= 15 is 0 Å². The summed E-state index contributed by atoms with van der Waals surface area (Å²) in [5.41, 5.74) is 2.91. The summed E-state index contributed by atoms with van der Waals surface area (Å²) in [6.45, 7) is 6.55. The summed E-state index contributed by atoms with van der Waals surface area (Å²) in [6, 6.07) is 11.5. The molecule has 1 amide bonds. The predicted octanol–water partition coefficient (Wildman–Crippen LogP) is 2.10. The second kappa shape index (κ2) is 7.76. The van der Waals surface area contributed by atoms with Crippen LogP contribution < -0.4 is 0 Å². The van der Waals surface area contributed by atoms with Crippen molar-refractivity contribution in [1.29, 1.82) is 0 Å². The van der Waals surface area contributed by atoms with E-state index in [-0.39, 0.29) is 11.9 Å². The first-order valence-electron chi connectivity index (χ1n) is 8.75. The summed E-state index contributed by atoms with van der Waals surface area (Å²) >= 11 is 0. The lowest BCUT2D eigenvalue weighted by Crippen LogP contribution is -2.43. The molecule has 5 heteroatoms. The minimum atomic E-state index is -0.532. The molecule has 1 saturated heterocycles. The minimum absolute atomic E-state index is 0.00906. The fraction of sp³-hybridized carbons (Fsp3) is 0.400. The Morgan fingerprint density at radius 1 is 1.28 bits per heavy atom. The maximum absolute atomic E-state index is 12.7. The van der Waals surface area contributed by atoms with E-state index in [1.807, 2.05) is 43.3 Å². The molecule has 1 aromatic carbocycles. The van der Waals surface area contributed by atoms with Gasteiger partial charge in [0.2, 0.25) is 0 Å². The maximum Gasteiger partial charge on any atom is 0.254 e. The summed E-state index contributed by atoms with van der Waals surface area (Å²) in [6.07, 6.45) is 3.03. The molecule has 132 valence electrons. The Hall–Kier alpha value is -2.24. The molecule has 3 rings (SSSR count). The van der Waals surface area contributed by atoms with Gasteiger partial charge in [-0.3, -0.25) is 14.7 Å². The van der Waals surface area contributed by atoms with Gasteiger partial charge in [-0.2, -0.15) is 0 Å². The molecule has 0 saturated carbocycles. The number of aromatic nitrogens is 1. The molecule has 1 N–H and O–H groups in total. The minimum Gasteiger partial charge on any atom is -0.390 e. The Bertz CT molecular complexity index is 720. The van der Waals surface area contributed by atoms with Crippen LogP contribution in [-0.2, 0) is 6.54 Å². The highest BCUT2D eigenvalue weighted by molar-refractivity contribution is 5.94. The zero-order valence-corrected chi connectivity index (χ0v) is 14.8. The Labute approximate surface area is 148 Å². The largest absolute Gasteiger partial charge is 0.390 e. The second-order valence-corrected chi connectivity index (χ2v) is 6.63. The van der Waals surface area contributed by atoms with Gasteiger partial charge in [0.1, 0.15) is 0 Å². The number of aryl methyl sites for hydroxylation is 1. The molecule has 0 spiro atoms. The summed E-state index contributed by atoms with van der Waals surface area (Å²) in [4.78, 5) is 20.8. The van der Waals surface area contributed by atoms with Gasteiger partial charge in [0, 0.05) is 37.6 Å². The van der Waals surface area contributed by atoms with Crippen LogP contribution in [0.15, 0.2) is 48.8 Å². The van der Waals surface area contributed by atoms with E-state index < -0.39 is 6.10 Å². The summed E-state index contributed by atoms with van der Waals surface area (Å²) in [7, 11) is 0. The van der Waals surface area contributed by atoms with Crippen molar-refractivity contribution in [2.24, 2.45) is 0 Å². The number of pyridine rings is 1. The van der Waals surface area contributed by atoms with Crippen molar-refractivity contribution >= 4 is 5.91 Å². The lowest BCUT2D eigenvalue weighted by molar-refractivity contribution is 0.0758. The molecule has 1 aliphatic rings. The number of likely N-dealkylation sites (tertiary alicyclic amines) is 1. The SMILES string of the molecule is CCN(Cc1ccncc1)[C@@H]1CN(C(=O)c2cccc(C)c2)C[C@H]1O. The number of hydrogen-bond acceptors (Lipinski definition) is 4. The number of aliphatic hydroxyl groups excluding tert-OH is 1. The van der Waals surface area contributed by atoms with Crippen LogP contribution in [0.25, 0.3) is 0 Å². The molecule has 0 radical (unpaired) electrons. The Kier molecular flexibility index (Phi) is 5.46. The molecule has 2 heterocycles. The van der Waals surface area contributed by atoms with Gasteiger partial charge in [-0.25, -0.2) is 0 Å². The van der Waals surface area contributed by atoms with E-state index in [9.17, 15) is 9.90 Å². The maximum atomic E-state index is 12.7. The van der Waals surface area contributed by atoms with Crippen molar-refractivity contribution in [3.05, 3.63) is 65.5 Å². The standard InChI is InChI=1S/C20H25N3O2/c1-3-22(12-16-7-9-21-10-8-16)18-13-23(14-19(18)24)20(25)17-6-4-5-15(2)11-17/h4-11,18-19,24H,3,12-14H2,1-2H3/t18-,19-/m1/s1. The van der Waals surface area contributed by atoms with Gasteiger partial charge in [0.05, 0.1) is 12.1 Å². The Morgan fingerprint density at radius 2 is 2.04 bits per heavy atom. The van der Waals surface area contributed by atoms with E-state index in [0.29, 0.717) is 18.7 Å². The average Bonchev–Trinajstić information content (AvgIpc) is 3.01. The number of carbonyl (C=O) groups excluding carboxylic acids is 1. The van der Waals surface area contributed by atoms with Gasteiger partial charge in [0.15, 0.2) is 0 Å². The molecule has 5 nitrogen and oxygen atoms in total. The monoisotopic (exact) mass is 339 g/mol. The van der Waals surface area contributed by atoms with Crippen molar-refractivity contribution in [3.8, 4) is 0 Å². The summed E-state index contributed by atoms with van der Waals surface area (Å²) in [5, 5.41) is 10.5. The Balaban J connectivity index is 1.70. The lowest BCUT2D eigenvalue weighted by atomic mass is 10.1.